The van der Waals surface area contributed by atoms with Crippen LogP contribution in [0.3, 0.4) is 0 Å². The van der Waals surface area contributed by atoms with Crippen LogP contribution in [0.4, 0.5) is 8.78 Å². The fourth-order valence-electron chi connectivity index (χ4n) is 1.40. The van der Waals surface area contributed by atoms with Gasteiger partial charge in [0.2, 0.25) is 0 Å². The minimum Gasteiger partial charge on any atom is -0.293 e. The van der Waals surface area contributed by atoms with Crippen LogP contribution in [0.2, 0.25) is 0 Å². The standard InChI is InChI=1S/C12H7BrF2OS/c13-12-4-3-11(17-12)10(16)6-7-5-8(14)1-2-9(7)15/h1-5H,6H2. The summed E-state index contributed by atoms with van der Waals surface area (Å²) in [4.78, 5) is 12.3. The number of carbonyl (C=O) groups is 1. The van der Waals surface area contributed by atoms with Gasteiger partial charge in [0.05, 0.1) is 8.66 Å². The average molecular weight is 317 g/mol. The molecule has 5 heteroatoms. The van der Waals surface area contributed by atoms with Crippen LogP contribution in [0.1, 0.15) is 15.2 Å². The summed E-state index contributed by atoms with van der Waals surface area (Å²) >= 11 is 4.52. The predicted octanol–water partition coefficient (Wildman–Crippen LogP) is 4.21. The van der Waals surface area contributed by atoms with Gasteiger partial charge in [0.1, 0.15) is 11.6 Å². The molecule has 0 N–H and O–H groups in total. The lowest BCUT2D eigenvalue weighted by Gasteiger charge is -2.01. The lowest BCUT2D eigenvalue weighted by atomic mass is 10.1. The van der Waals surface area contributed by atoms with Crippen molar-refractivity contribution in [1.82, 2.24) is 0 Å². The molecule has 1 aromatic heterocycles. The Kier molecular flexibility index (Phi) is 3.69. The first-order chi connectivity index (χ1) is 8.06. The smallest absolute Gasteiger partial charge is 0.177 e. The van der Waals surface area contributed by atoms with Gasteiger partial charge in [-0.15, -0.1) is 11.3 Å². The molecule has 0 saturated heterocycles. The molecule has 0 atom stereocenters. The topological polar surface area (TPSA) is 17.1 Å². The number of benzene rings is 1. The van der Waals surface area contributed by atoms with Gasteiger partial charge in [-0.25, -0.2) is 8.78 Å². The Morgan fingerprint density at radius 2 is 2.00 bits per heavy atom. The van der Waals surface area contributed by atoms with E-state index in [9.17, 15) is 13.6 Å². The van der Waals surface area contributed by atoms with E-state index in [0.717, 1.165) is 22.0 Å². The second kappa shape index (κ2) is 5.06. The maximum absolute atomic E-state index is 13.3. The van der Waals surface area contributed by atoms with Gasteiger partial charge in [0, 0.05) is 6.42 Å². The molecule has 0 spiro atoms. The molecule has 88 valence electrons. The molecule has 1 nitrogen and oxygen atoms in total. The number of thiophene rings is 1. The number of rotatable bonds is 3. The normalized spacial score (nSPS) is 10.5. The Morgan fingerprint density at radius 1 is 1.24 bits per heavy atom. The van der Waals surface area contributed by atoms with Crippen molar-refractivity contribution in [3.63, 3.8) is 0 Å². The van der Waals surface area contributed by atoms with Crippen molar-refractivity contribution in [3.8, 4) is 0 Å². The third-order valence-electron chi connectivity index (χ3n) is 2.21. The summed E-state index contributed by atoms with van der Waals surface area (Å²) in [5.41, 5.74) is 0.0829. The molecular formula is C12H7BrF2OS. The van der Waals surface area contributed by atoms with Crippen LogP contribution < -0.4 is 0 Å². The van der Waals surface area contributed by atoms with Gasteiger partial charge in [0.25, 0.3) is 0 Å². The first-order valence-corrected chi connectivity index (χ1v) is 6.39. The minimum absolute atomic E-state index is 0.0829. The maximum Gasteiger partial charge on any atom is 0.177 e. The summed E-state index contributed by atoms with van der Waals surface area (Å²) < 4.78 is 27.1. The van der Waals surface area contributed by atoms with E-state index in [0.29, 0.717) is 4.88 Å². The van der Waals surface area contributed by atoms with Gasteiger partial charge < -0.3 is 0 Å². The van der Waals surface area contributed by atoms with Crippen molar-refractivity contribution in [3.05, 3.63) is 56.2 Å². The molecule has 0 radical (unpaired) electrons. The van der Waals surface area contributed by atoms with Crippen LogP contribution in [-0.4, -0.2) is 5.78 Å². The molecule has 0 saturated carbocycles. The highest BCUT2D eigenvalue weighted by atomic mass is 79.9. The van der Waals surface area contributed by atoms with Crippen molar-refractivity contribution < 1.29 is 13.6 Å². The van der Waals surface area contributed by atoms with E-state index in [4.69, 9.17) is 0 Å². The second-order valence-electron chi connectivity index (χ2n) is 3.44. The van der Waals surface area contributed by atoms with Crippen LogP contribution in [0.25, 0.3) is 0 Å². The average Bonchev–Trinajstić information content (AvgIpc) is 2.70. The molecule has 0 amide bonds. The van der Waals surface area contributed by atoms with E-state index in [1.165, 1.54) is 11.3 Å². The van der Waals surface area contributed by atoms with Crippen molar-refractivity contribution >= 4 is 33.0 Å². The van der Waals surface area contributed by atoms with Crippen LogP contribution >= 0.6 is 27.3 Å². The van der Waals surface area contributed by atoms with E-state index in [2.05, 4.69) is 15.9 Å². The number of carbonyl (C=O) groups excluding carboxylic acids is 1. The van der Waals surface area contributed by atoms with Gasteiger partial charge in [-0.1, -0.05) is 0 Å². The lowest BCUT2D eigenvalue weighted by Crippen LogP contribution is -2.03. The molecule has 1 aromatic carbocycles. The summed E-state index contributed by atoms with van der Waals surface area (Å²) in [6, 6.07) is 6.53. The quantitative estimate of drug-likeness (QED) is 0.775. The van der Waals surface area contributed by atoms with Crippen LogP contribution in [0.15, 0.2) is 34.1 Å². The molecule has 0 bridgehead atoms. The monoisotopic (exact) mass is 316 g/mol. The Morgan fingerprint density at radius 3 is 2.65 bits per heavy atom. The summed E-state index contributed by atoms with van der Waals surface area (Å²) in [5, 5.41) is 0. The van der Waals surface area contributed by atoms with E-state index in [1.807, 2.05) is 0 Å². The highest BCUT2D eigenvalue weighted by Crippen LogP contribution is 2.23. The van der Waals surface area contributed by atoms with E-state index in [-0.39, 0.29) is 17.8 Å². The zero-order valence-corrected chi connectivity index (χ0v) is 10.9. The van der Waals surface area contributed by atoms with Crippen molar-refractivity contribution in [2.75, 3.05) is 0 Å². The Bertz CT molecular complexity index is 565. The molecule has 17 heavy (non-hydrogen) atoms. The molecule has 0 fully saturated rings. The number of halogens is 3. The molecular weight excluding hydrogens is 310 g/mol. The zero-order valence-electron chi connectivity index (χ0n) is 8.54. The molecule has 0 aliphatic heterocycles. The van der Waals surface area contributed by atoms with Gasteiger partial charge >= 0.3 is 0 Å². The highest BCUT2D eigenvalue weighted by molar-refractivity contribution is 9.11. The molecule has 0 unspecified atom stereocenters. The number of hydrogen-bond donors (Lipinski definition) is 0. The third kappa shape index (κ3) is 2.98. The van der Waals surface area contributed by atoms with Crippen molar-refractivity contribution in [2.45, 2.75) is 6.42 Å². The van der Waals surface area contributed by atoms with E-state index < -0.39 is 11.6 Å². The highest BCUT2D eigenvalue weighted by Gasteiger charge is 2.13. The zero-order chi connectivity index (χ0) is 12.4. The second-order valence-corrected chi connectivity index (χ2v) is 5.90. The number of hydrogen-bond acceptors (Lipinski definition) is 2. The van der Waals surface area contributed by atoms with Crippen LogP contribution in [0, 0.1) is 11.6 Å². The lowest BCUT2D eigenvalue weighted by molar-refractivity contribution is 0.0995. The summed E-state index contributed by atoms with van der Waals surface area (Å²) in [6.45, 7) is 0. The van der Waals surface area contributed by atoms with Gasteiger partial charge in [-0.3, -0.25) is 4.79 Å². The third-order valence-corrected chi connectivity index (χ3v) is 3.87. The van der Waals surface area contributed by atoms with Gasteiger partial charge in [-0.05, 0) is 51.8 Å². The van der Waals surface area contributed by atoms with Crippen LogP contribution in [0.5, 0.6) is 0 Å². The number of ketones is 1. The van der Waals surface area contributed by atoms with Crippen LogP contribution in [-0.2, 0) is 6.42 Å². The van der Waals surface area contributed by atoms with Gasteiger partial charge in [0.15, 0.2) is 5.78 Å². The maximum atomic E-state index is 13.3. The largest absolute Gasteiger partial charge is 0.293 e. The molecule has 2 rings (SSSR count). The minimum atomic E-state index is -0.560. The Labute approximate surface area is 109 Å². The van der Waals surface area contributed by atoms with Crippen molar-refractivity contribution in [2.24, 2.45) is 0 Å². The fraction of sp³-hybridized carbons (Fsp3) is 0.0833. The fourth-order valence-corrected chi connectivity index (χ4v) is 2.73. The Hall–Kier alpha value is -1.07. The SMILES string of the molecule is O=C(Cc1cc(F)ccc1F)c1ccc(Br)s1. The first-order valence-electron chi connectivity index (χ1n) is 4.79. The van der Waals surface area contributed by atoms with E-state index in [1.54, 1.807) is 12.1 Å². The summed E-state index contributed by atoms with van der Waals surface area (Å²) in [5.74, 6) is -1.32. The molecule has 0 aliphatic carbocycles. The number of Topliss-reactive ketones (excluding diaryl/α,β-unsaturated/α-hetero) is 1. The Balaban J connectivity index is 2.21. The van der Waals surface area contributed by atoms with Gasteiger partial charge in [-0.2, -0.15) is 0 Å². The first kappa shape index (κ1) is 12.4. The molecule has 0 aliphatic rings. The molecule has 2 aromatic rings. The molecule has 1 heterocycles. The summed E-state index contributed by atoms with van der Waals surface area (Å²) in [6.07, 6.45) is -0.128. The summed E-state index contributed by atoms with van der Waals surface area (Å²) in [7, 11) is 0. The van der Waals surface area contributed by atoms with E-state index >= 15 is 0 Å². The predicted molar refractivity (Wildman–Crippen MR) is 66.4 cm³/mol. The van der Waals surface area contributed by atoms with Crippen molar-refractivity contribution in [1.29, 1.82) is 0 Å².